The maximum absolute atomic E-state index is 8.44. The van der Waals surface area contributed by atoms with E-state index in [4.69, 9.17) is 13.3 Å². The second-order valence-electron chi connectivity index (χ2n) is 0.204. The van der Waals surface area contributed by atoms with Crippen molar-refractivity contribution in [2.45, 2.75) is 0 Å². The van der Waals surface area contributed by atoms with E-state index in [1.54, 1.807) is 0 Å². The molecule has 0 atom stereocenters. The molecule has 0 aromatic heterocycles. The molecule has 0 saturated heterocycles. The van der Waals surface area contributed by atoms with Crippen molar-refractivity contribution in [2.24, 2.45) is 0 Å². The van der Waals surface area contributed by atoms with Crippen LogP contribution in [-0.2, 0) is 45.5 Å². The molecule has 7 heteroatoms. The van der Waals surface area contributed by atoms with Gasteiger partial charge in [-0.3, -0.25) is 4.21 Å². The van der Waals surface area contributed by atoms with Crippen LogP contribution in [0.4, 0.5) is 0 Å². The summed E-state index contributed by atoms with van der Waals surface area (Å²) in [5.41, 5.74) is 0. The average molecular weight is 225 g/mol. The minimum Gasteiger partial charge on any atom is -0.784 e. The van der Waals surface area contributed by atoms with Gasteiger partial charge in [0.15, 0.2) is 0 Å². The maximum Gasteiger partial charge on any atom is 1.00 e. The fourth-order valence-corrected chi connectivity index (χ4v) is 0. The number of rotatable bonds is 0. The third-order valence-electron chi connectivity index (χ3n) is 0. The van der Waals surface area contributed by atoms with Crippen LogP contribution in [0.3, 0.4) is 0 Å². The summed E-state index contributed by atoms with van der Waals surface area (Å²) in [5.74, 6) is 0. The Morgan fingerprint density at radius 1 is 1.14 bits per heavy atom. The van der Waals surface area contributed by atoms with Gasteiger partial charge < -0.3 is 14.6 Å². The van der Waals surface area contributed by atoms with Crippen molar-refractivity contribution in [2.75, 3.05) is 0 Å². The van der Waals surface area contributed by atoms with Gasteiger partial charge in [0.05, 0.1) is 0 Å². The monoisotopic (exact) mass is 224 g/mol. The van der Waals surface area contributed by atoms with Gasteiger partial charge in [-0.15, -0.1) is 11.4 Å². The zero-order valence-electron chi connectivity index (χ0n) is 2.74. The molecule has 0 bridgehead atoms. The topological polar surface area (TPSA) is 94.7 Å². The van der Waals surface area contributed by atoms with Gasteiger partial charge in [-0.1, -0.05) is 0 Å². The molecule has 0 rings (SSSR count). The Hall–Kier alpha value is 1.07. The van der Waals surface area contributed by atoms with E-state index in [2.05, 4.69) is 0 Å². The minimum absolute atomic E-state index is 0. The first-order valence-corrected chi connectivity index (χ1v) is 1.50. The van der Waals surface area contributed by atoms with E-state index in [9.17, 15) is 0 Å². The van der Waals surface area contributed by atoms with E-state index in [0.29, 0.717) is 0 Å². The van der Waals surface area contributed by atoms with Crippen LogP contribution < -0.4 is 0 Å². The molecular weight excluding hydrogens is 223 g/mol. The van der Waals surface area contributed by atoms with Crippen molar-refractivity contribution in [3.05, 3.63) is 0 Å². The first-order chi connectivity index (χ1) is 1.73. The van der Waals surface area contributed by atoms with Crippen molar-refractivity contribution in [1.29, 1.82) is 0 Å². The van der Waals surface area contributed by atoms with Gasteiger partial charge in [-0.25, -0.2) is 0 Å². The standard InChI is InChI=1S/2Cu.H2O3S.H2O/c;;1-4(2)3;/h;;(H2,1,2,3);1H2/q2*+1;;/p-2. The predicted molar refractivity (Wildman–Crippen MR) is 13.3 cm³/mol. The van der Waals surface area contributed by atoms with E-state index < -0.39 is 11.4 Å². The number of hydrogen-bond acceptors (Lipinski definition) is 3. The smallest absolute Gasteiger partial charge is 0.784 e. The van der Waals surface area contributed by atoms with Gasteiger partial charge in [0.25, 0.3) is 0 Å². The molecule has 0 spiro atoms. The van der Waals surface area contributed by atoms with Crippen LogP contribution in [0.1, 0.15) is 0 Å². The molecule has 0 aliphatic heterocycles. The third-order valence-corrected chi connectivity index (χ3v) is 0. The molecule has 0 aromatic rings. The molecule has 0 aromatic carbocycles. The molecule has 0 radical (unpaired) electrons. The van der Waals surface area contributed by atoms with E-state index in [-0.39, 0.29) is 39.6 Å². The summed E-state index contributed by atoms with van der Waals surface area (Å²) in [7, 11) is 0. The SMILES string of the molecule is O.O=S([O-])[O-].[Cu+].[Cu+]. The van der Waals surface area contributed by atoms with Crippen LogP contribution in [0.5, 0.6) is 0 Å². The molecule has 0 fully saturated rings. The van der Waals surface area contributed by atoms with Crippen molar-refractivity contribution < 1.29 is 52.9 Å². The normalized spacial score (nSPS) is 5.00. The minimum atomic E-state index is -3.11. The Kier molecular flexibility index (Phi) is 54.7. The second kappa shape index (κ2) is 15.7. The van der Waals surface area contributed by atoms with Crippen LogP contribution in [0, 0.1) is 0 Å². The quantitative estimate of drug-likeness (QED) is 0.358. The van der Waals surface area contributed by atoms with Crippen LogP contribution in [0.2, 0.25) is 0 Å². The Morgan fingerprint density at radius 3 is 1.14 bits per heavy atom. The Labute approximate surface area is 64.4 Å². The summed E-state index contributed by atoms with van der Waals surface area (Å²) in [6, 6.07) is 0. The van der Waals surface area contributed by atoms with Gasteiger partial charge >= 0.3 is 34.1 Å². The van der Waals surface area contributed by atoms with Gasteiger partial charge in [-0.2, -0.15) is 0 Å². The maximum atomic E-state index is 8.44. The largest absolute Gasteiger partial charge is 1.00 e. The molecule has 7 heavy (non-hydrogen) atoms. The Morgan fingerprint density at radius 2 is 1.14 bits per heavy atom. The summed E-state index contributed by atoms with van der Waals surface area (Å²) in [6.07, 6.45) is 0. The van der Waals surface area contributed by atoms with E-state index >= 15 is 0 Å². The van der Waals surface area contributed by atoms with E-state index in [0.717, 1.165) is 0 Å². The van der Waals surface area contributed by atoms with Gasteiger partial charge in [0, 0.05) is 0 Å². The van der Waals surface area contributed by atoms with Crippen LogP contribution in [-0.4, -0.2) is 18.8 Å². The average Bonchev–Trinajstić information content (AvgIpc) is 0.811. The molecule has 0 heterocycles. The molecule has 0 aliphatic rings. The summed E-state index contributed by atoms with van der Waals surface area (Å²) in [6.45, 7) is 0. The molecule has 0 amide bonds. The summed E-state index contributed by atoms with van der Waals surface area (Å²) < 4.78 is 25.3. The fourth-order valence-electron chi connectivity index (χ4n) is 0. The third kappa shape index (κ3) is 159. The van der Waals surface area contributed by atoms with Gasteiger partial charge in [-0.05, 0) is 0 Å². The first kappa shape index (κ1) is 24.4. The van der Waals surface area contributed by atoms with E-state index in [1.807, 2.05) is 0 Å². The van der Waals surface area contributed by atoms with Crippen molar-refractivity contribution >= 4 is 11.4 Å². The molecule has 0 aliphatic carbocycles. The second-order valence-corrected chi connectivity index (χ2v) is 0.612. The van der Waals surface area contributed by atoms with Crippen molar-refractivity contribution in [1.82, 2.24) is 0 Å². The molecule has 0 unspecified atom stereocenters. The molecule has 2 N–H and O–H groups in total. The number of hydrogen-bond donors (Lipinski definition) is 0. The van der Waals surface area contributed by atoms with Crippen LogP contribution >= 0.6 is 0 Å². The first-order valence-electron chi connectivity index (χ1n) is 0.500. The summed E-state index contributed by atoms with van der Waals surface area (Å²) in [5, 5.41) is 0. The Balaban J connectivity index is -0.0000000150. The zero-order valence-corrected chi connectivity index (χ0v) is 5.44. The van der Waals surface area contributed by atoms with Gasteiger partial charge in [0.1, 0.15) is 0 Å². The summed E-state index contributed by atoms with van der Waals surface area (Å²) in [4.78, 5) is 0. The van der Waals surface area contributed by atoms with Crippen molar-refractivity contribution in [3.8, 4) is 0 Å². The molecular formula is H2Cu2O4S. The fraction of sp³-hybridized carbons (Fsp3) is 0. The molecule has 0 saturated carbocycles. The van der Waals surface area contributed by atoms with Gasteiger partial charge in [0.2, 0.25) is 0 Å². The van der Waals surface area contributed by atoms with E-state index in [1.165, 1.54) is 0 Å². The molecule has 4 nitrogen and oxygen atoms in total. The Bertz CT molecular complexity index is 32.7. The molecule has 54 valence electrons. The predicted octanol–water partition coefficient (Wildman–Crippen LogP) is -1.83. The van der Waals surface area contributed by atoms with Crippen LogP contribution in [0.25, 0.3) is 0 Å². The zero-order chi connectivity index (χ0) is 3.58. The van der Waals surface area contributed by atoms with Crippen molar-refractivity contribution in [3.63, 3.8) is 0 Å². The summed E-state index contributed by atoms with van der Waals surface area (Å²) >= 11 is -3.11. The van der Waals surface area contributed by atoms with Crippen LogP contribution in [0.15, 0.2) is 0 Å².